The van der Waals surface area contributed by atoms with Gasteiger partial charge in [0.15, 0.2) is 0 Å². The topological polar surface area (TPSA) is 82.0 Å². The molecule has 4 rings (SSSR count). The summed E-state index contributed by atoms with van der Waals surface area (Å²) in [6.07, 6.45) is 6.11. The summed E-state index contributed by atoms with van der Waals surface area (Å²) in [5, 5.41) is 4.07. The van der Waals surface area contributed by atoms with Crippen molar-refractivity contribution < 1.29 is 23.8 Å². The van der Waals surface area contributed by atoms with E-state index < -0.39 is 5.54 Å². The summed E-state index contributed by atoms with van der Waals surface area (Å²) in [4.78, 5) is 29.4. The Bertz CT molecular complexity index is 1040. The molecule has 0 spiro atoms. The van der Waals surface area contributed by atoms with Gasteiger partial charge in [-0.3, -0.25) is 9.59 Å². The van der Waals surface area contributed by atoms with Crippen molar-refractivity contribution in [3.8, 4) is 11.5 Å². The minimum atomic E-state index is -1.03. The molecular formula is C26H37N3O5. The number of fused-ring (bicyclic) bond motifs is 3. The van der Waals surface area contributed by atoms with Gasteiger partial charge in [-0.2, -0.15) is 0 Å². The highest BCUT2D eigenvalue weighted by Gasteiger charge is 2.48. The first kappa shape index (κ1) is 24.4. The van der Waals surface area contributed by atoms with Gasteiger partial charge in [-0.1, -0.05) is 19.3 Å². The molecule has 8 nitrogen and oxygen atoms in total. The molecule has 186 valence electrons. The van der Waals surface area contributed by atoms with E-state index in [1.165, 1.54) is 6.42 Å². The van der Waals surface area contributed by atoms with Crippen LogP contribution in [0.2, 0.25) is 0 Å². The standard InChI is InChI=1S/C26H37N3O5/c1-5-34-15-9-14-29-24(30)20-16-19-21(32-3)12-13-22(33-4)23(19)28(20)17-26(29,2)25(31)27-18-10-7-6-8-11-18/h12-13,16,18H,5-11,14-15,17H2,1-4H3,(H,27,31). The zero-order chi connectivity index (χ0) is 24.3. The summed E-state index contributed by atoms with van der Waals surface area (Å²) in [7, 11) is 3.22. The molecular weight excluding hydrogens is 434 g/mol. The second kappa shape index (κ2) is 10.3. The van der Waals surface area contributed by atoms with Gasteiger partial charge in [0.2, 0.25) is 5.91 Å². The second-order valence-electron chi connectivity index (χ2n) is 9.44. The number of carbonyl (C=O) groups excluding carboxylic acids is 2. The number of nitrogens with one attached hydrogen (secondary N) is 1. The van der Waals surface area contributed by atoms with Crippen LogP contribution in [0.25, 0.3) is 10.9 Å². The number of ether oxygens (including phenoxy) is 3. The van der Waals surface area contributed by atoms with Crippen molar-refractivity contribution in [1.29, 1.82) is 0 Å². The fraction of sp³-hybridized carbons (Fsp3) is 0.615. The summed E-state index contributed by atoms with van der Waals surface area (Å²) < 4.78 is 18.6. The van der Waals surface area contributed by atoms with E-state index in [4.69, 9.17) is 14.2 Å². The molecule has 1 aliphatic carbocycles. The lowest BCUT2D eigenvalue weighted by Crippen LogP contribution is -2.65. The van der Waals surface area contributed by atoms with Gasteiger partial charge in [-0.25, -0.2) is 0 Å². The molecule has 1 aromatic heterocycles. The smallest absolute Gasteiger partial charge is 0.271 e. The van der Waals surface area contributed by atoms with Crippen LogP contribution < -0.4 is 14.8 Å². The fourth-order valence-electron chi connectivity index (χ4n) is 5.36. The molecule has 0 bridgehead atoms. The third kappa shape index (κ3) is 4.35. The van der Waals surface area contributed by atoms with Crippen LogP contribution >= 0.6 is 0 Å². The van der Waals surface area contributed by atoms with Gasteiger partial charge in [-0.15, -0.1) is 0 Å². The molecule has 2 aliphatic rings. The van der Waals surface area contributed by atoms with Crippen molar-refractivity contribution in [2.75, 3.05) is 34.0 Å². The first-order valence-corrected chi connectivity index (χ1v) is 12.4. The maximum atomic E-state index is 13.9. The summed E-state index contributed by atoms with van der Waals surface area (Å²) in [5.41, 5.74) is 0.279. The molecule has 0 saturated heterocycles. The highest BCUT2D eigenvalue weighted by Crippen LogP contribution is 2.40. The third-order valence-corrected chi connectivity index (χ3v) is 7.25. The largest absolute Gasteiger partial charge is 0.496 e. The van der Waals surface area contributed by atoms with Crippen LogP contribution in [0, 0.1) is 0 Å². The van der Waals surface area contributed by atoms with E-state index in [1.54, 1.807) is 19.1 Å². The SMILES string of the molecule is CCOCCCN1C(=O)c2cc3c(OC)ccc(OC)c3n2CC1(C)C(=O)NC1CCCCC1. The highest BCUT2D eigenvalue weighted by molar-refractivity contribution is 6.05. The Kier molecular flexibility index (Phi) is 7.36. The predicted molar refractivity (Wildman–Crippen MR) is 131 cm³/mol. The number of nitrogens with zero attached hydrogens (tertiary/aromatic N) is 2. The van der Waals surface area contributed by atoms with Gasteiger partial charge in [0.1, 0.15) is 22.7 Å². The van der Waals surface area contributed by atoms with E-state index >= 15 is 0 Å². The van der Waals surface area contributed by atoms with Crippen molar-refractivity contribution in [3.05, 3.63) is 23.9 Å². The van der Waals surface area contributed by atoms with E-state index in [-0.39, 0.29) is 17.9 Å². The Balaban J connectivity index is 1.75. The fourth-order valence-corrected chi connectivity index (χ4v) is 5.36. The molecule has 1 aliphatic heterocycles. The highest BCUT2D eigenvalue weighted by atomic mass is 16.5. The average Bonchev–Trinajstić information content (AvgIpc) is 3.23. The quantitative estimate of drug-likeness (QED) is 0.564. The summed E-state index contributed by atoms with van der Waals surface area (Å²) in [5.74, 6) is 1.05. The Morgan fingerprint density at radius 3 is 2.53 bits per heavy atom. The lowest BCUT2D eigenvalue weighted by molar-refractivity contribution is -0.133. The van der Waals surface area contributed by atoms with Crippen LogP contribution in [-0.2, 0) is 16.1 Å². The number of hydrogen-bond donors (Lipinski definition) is 1. The number of rotatable bonds is 9. The maximum absolute atomic E-state index is 13.9. The summed E-state index contributed by atoms with van der Waals surface area (Å²) in [6, 6.07) is 5.70. The monoisotopic (exact) mass is 471 g/mol. The Labute approximate surface area is 201 Å². The number of aromatic nitrogens is 1. The molecule has 2 amide bonds. The number of amides is 2. The van der Waals surface area contributed by atoms with Crippen LogP contribution in [0.1, 0.15) is 62.9 Å². The molecule has 1 unspecified atom stereocenters. The molecule has 8 heteroatoms. The zero-order valence-electron chi connectivity index (χ0n) is 20.8. The van der Waals surface area contributed by atoms with Gasteiger partial charge in [-0.05, 0) is 51.3 Å². The molecule has 1 saturated carbocycles. The van der Waals surface area contributed by atoms with Gasteiger partial charge in [0.05, 0.1) is 26.3 Å². The minimum absolute atomic E-state index is 0.0986. The van der Waals surface area contributed by atoms with Crippen molar-refractivity contribution in [2.24, 2.45) is 0 Å². The predicted octanol–water partition coefficient (Wildman–Crippen LogP) is 3.75. The van der Waals surface area contributed by atoms with Crippen LogP contribution in [0.5, 0.6) is 11.5 Å². The molecule has 2 aromatic rings. The molecule has 2 heterocycles. The Morgan fingerprint density at radius 2 is 1.85 bits per heavy atom. The van der Waals surface area contributed by atoms with Gasteiger partial charge in [0, 0.05) is 31.2 Å². The van der Waals surface area contributed by atoms with Crippen molar-refractivity contribution in [3.63, 3.8) is 0 Å². The van der Waals surface area contributed by atoms with E-state index in [0.717, 1.165) is 36.6 Å². The molecule has 34 heavy (non-hydrogen) atoms. The minimum Gasteiger partial charge on any atom is -0.496 e. The molecule has 1 aromatic carbocycles. The maximum Gasteiger partial charge on any atom is 0.271 e. The van der Waals surface area contributed by atoms with E-state index in [9.17, 15) is 9.59 Å². The van der Waals surface area contributed by atoms with Crippen molar-refractivity contribution >= 4 is 22.7 Å². The Morgan fingerprint density at radius 1 is 1.15 bits per heavy atom. The van der Waals surface area contributed by atoms with Crippen LogP contribution in [0.15, 0.2) is 18.2 Å². The van der Waals surface area contributed by atoms with Gasteiger partial charge in [0.25, 0.3) is 5.91 Å². The number of hydrogen-bond acceptors (Lipinski definition) is 5. The second-order valence-corrected chi connectivity index (χ2v) is 9.44. The van der Waals surface area contributed by atoms with Crippen LogP contribution in [0.4, 0.5) is 0 Å². The van der Waals surface area contributed by atoms with E-state index in [2.05, 4.69) is 5.32 Å². The van der Waals surface area contributed by atoms with Gasteiger partial charge >= 0.3 is 0 Å². The Hall–Kier alpha value is -2.74. The normalized spacial score (nSPS) is 20.9. The first-order valence-electron chi connectivity index (χ1n) is 12.4. The van der Waals surface area contributed by atoms with Gasteiger partial charge < -0.3 is 29.0 Å². The molecule has 1 N–H and O–H groups in total. The lowest BCUT2D eigenvalue weighted by Gasteiger charge is -2.45. The van der Waals surface area contributed by atoms with Crippen LogP contribution in [0.3, 0.4) is 0 Å². The number of methoxy groups -OCH3 is 2. The average molecular weight is 472 g/mol. The zero-order valence-corrected chi connectivity index (χ0v) is 20.8. The van der Waals surface area contributed by atoms with E-state index in [0.29, 0.717) is 49.9 Å². The lowest BCUT2D eigenvalue weighted by atomic mass is 9.91. The van der Waals surface area contributed by atoms with Crippen molar-refractivity contribution in [2.45, 2.75) is 70.5 Å². The molecule has 1 fully saturated rings. The number of benzene rings is 1. The third-order valence-electron chi connectivity index (χ3n) is 7.25. The summed E-state index contributed by atoms with van der Waals surface area (Å²) in [6.45, 7) is 5.79. The first-order chi connectivity index (χ1) is 16.4. The molecule has 0 radical (unpaired) electrons. The number of carbonyl (C=O) groups is 2. The molecule has 1 atom stereocenters. The van der Waals surface area contributed by atoms with E-state index in [1.807, 2.05) is 36.6 Å². The summed E-state index contributed by atoms with van der Waals surface area (Å²) >= 11 is 0. The van der Waals surface area contributed by atoms with Crippen LogP contribution in [-0.4, -0.2) is 66.8 Å². The van der Waals surface area contributed by atoms with Crippen molar-refractivity contribution in [1.82, 2.24) is 14.8 Å².